The highest BCUT2D eigenvalue weighted by molar-refractivity contribution is 4.51. The zero-order chi connectivity index (χ0) is 4.83. The van der Waals surface area contributed by atoms with Crippen molar-refractivity contribution in [1.29, 1.82) is 0 Å². The fraction of sp³-hybridized carbons (Fsp3) is 0.800. The normalized spacial score (nSPS) is 9.00. The molecular weight excluding hydrogens is 76.1 g/mol. The molecule has 0 aromatic heterocycles. The van der Waals surface area contributed by atoms with Crippen LogP contribution in [-0.4, -0.2) is 13.7 Å². The first-order chi connectivity index (χ1) is 2.91. The van der Waals surface area contributed by atoms with Crippen molar-refractivity contribution in [3.05, 3.63) is 6.42 Å². The minimum Gasteiger partial charge on any atom is -0.385 e. The van der Waals surface area contributed by atoms with E-state index < -0.39 is 0 Å². The van der Waals surface area contributed by atoms with E-state index >= 15 is 0 Å². The zero-order valence-electron chi connectivity index (χ0n) is 4.40. The monoisotopic (exact) mass is 87.1 g/mol. The predicted octanol–water partition coefficient (Wildman–Crippen LogP) is 1.25. The van der Waals surface area contributed by atoms with Crippen LogP contribution in [0.2, 0.25) is 0 Å². The molecule has 0 rings (SSSR count). The van der Waals surface area contributed by atoms with Gasteiger partial charge in [-0.25, -0.2) is 0 Å². The van der Waals surface area contributed by atoms with Gasteiger partial charge < -0.3 is 4.74 Å². The summed E-state index contributed by atoms with van der Waals surface area (Å²) in [5.41, 5.74) is 0. The summed E-state index contributed by atoms with van der Waals surface area (Å²) in [6, 6.07) is 0. The third-order valence-corrected chi connectivity index (χ3v) is 0.611. The second-order valence-electron chi connectivity index (χ2n) is 1.19. The molecule has 0 saturated carbocycles. The van der Waals surface area contributed by atoms with Gasteiger partial charge in [0.2, 0.25) is 0 Å². The number of rotatable bonds is 3. The van der Waals surface area contributed by atoms with Crippen molar-refractivity contribution in [3.8, 4) is 0 Å². The maximum atomic E-state index is 4.75. The second kappa shape index (κ2) is 4.96. The quantitative estimate of drug-likeness (QED) is 0.471. The minimum absolute atomic E-state index is 0.858. The van der Waals surface area contributed by atoms with Crippen LogP contribution in [0.4, 0.5) is 0 Å². The average molecular weight is 87.1 g/mol. The lowest BCUT2D eigenvalue weighted by atomic mass is 10.4. The molecule has 0 unspecified atom stereocenters. The van der Waals surface area contributed by atoms with Gasteiger partial charge in [-0.05, 0) is 12.8 Å². The van der Waals surface area contributed by atoms with Gasteiger partial charge in [-0.15, -0.1) is 0 Å². The average Bonchev–Trinajstić information content (AvgIpc) is 1.61. The predicted molar refractivity (Wildman–Crippen MR) is 26.5 cm³/mol. The summed E-state index contributed by atoms with van der Waals surface area (Å²) in [5.74, 6) is 0. The molecule has 0 atom stereocenters. The molecule has 0 spiro atoms. The lowest BCUT2D eigenvalue weighted by Gasteiger charge is -1.89. The SMILES string of the molecule is C[CH]CCOC. The molecule has 1 radical (unpaired) electrons. The van der Waals surface area contributed by atoms with Gasteiger partial charge in [-0.2, -0.15) is 0 Å². The van der Waals surface area contributed by atoms with Gasteiger partial charge in [0.25, 0.3) is 0 Å². The van der Waals surface area contributed by atoms with Crippen LogP contribution in [0.15, 0.2) is 0 Å². The first-order valence-electron chi connectivity index (χ1n) is 2.18. The maximum absolute atomic E-state index is 4.75. The van der Waals surface area contributed by atoms with E-state index in [9.17, 15) is 0 Å². The molecule has 0 aliphatic carbocycles. The summed E-state index contributed by atoms with van der Waals surface area (Å²) in [4.78, 5) is 0. The number of methoxy groups -OCH3 is 1. The van der Waals surface area contributed by atoms with Crippen LogP contribution in [0.1, 0.15) is 13.3 Å². The Morgan fingerprint density at radius 1 is 1.67 bits per heavy atom. The van der Waals surface area contributed by atoms with E-state index in [2.05, 4.69) is 6.42 Å². The van der Waals surface area contributed by atoms with Gasteiger partial charge in [0.1, 0.15) is 0 Å². The molecule has 1 heteroatoms. The van der Waals surface area contributed by atoms with E-state index in [-0.39, 0.29) is 0 Å². The van der Waals surface area contributed by atoms with E-state index in [1.54, 1.807) is 7.11 Å². The van der Waals surface area contributed by atoms with Gasteiger partial charge in [0.05, 0.1) is 0 Å². The molecule has 0 fully saturated rings. The van der Waals surface area contributed by atoms with Crippen LogP contribution in [0, 0.1) is 6.42 Å². The molecule has 0 heterocycles. The largest absolute Gasteiger partial charge is 0.385 e. The molecule has 0 aliphatic heterocycles. The third-order valence-electron chi connectivity index (χ3n) is 0.611. The summed E-state index contributed by atoms with van der Waals surface area (Å²) in [6.45, 7) is 2.88. The summed E-state index contributed by atoms with van der Waals surface area (Å²) in [7, 11) is 1.71. The lowest BCUT2D eigenvalue weighted by molar-refractivity contribution is 0.201. The van der Waals surface area contributed by atoms with Crippen molar-refractivity contribution in [2.24, 2.45) is 0 Å². The van der Waals surface area contributed by atoms with Crippen LogP contribution in [0.3, 0.4) is 0 Å². The van der Waals surface area contributed by atoms with Crippen molar-refractivity contribution in [3.63, 3.8) is 0 Å². The van der Waals surface area contributed by atoms with E-state index in [1.165, 1.54) is 0 Å². The fourth-order valence-corrected chi connectivity index (χ4v) is 0.236. The van der Waals surface area contributed by atoms with E-state index in [0.29, 0.717) is 0 Å². The standard InChI is InChI=1S/C5H11O/c1-3-4-5-6-2/h3H,4-5H2,1-2H3. The van der Waals surface area contributed by atoms with Crippen LogP contribution >= 0.6 is 0 Å². The Balaban J connectivity index is 2.34. The van der Waals surface area contributed by atoms with Crippen molar-refractivity contribution >= 4 is 0 Å². The van der Waals surface area contributed by atoms with Crippen molar-refractivity contribution in [1.82, 2.24) is 0 Å². The molecule has 0 aliphatic rings. The molecule has 0 bridgehead atoms. The summed E-state index contributed by atoms with van der Waals surface area (Å²) >= 11 is 0. The Kier molecular flexibility index (Phi) is 4.93. The molecule has 0 aromatic rings. The lowest BCUT2D eigenvalue weighted by Crippen LogP contribution is -1.84. The molecule has 0 saturated heterocycles. The summed E-state index contributed by atoms with van der Waals surface area (Å²) in [6.07, 6.45) is 3.15. The second-order valence-corrected chi connectivity index (χ2v) is 1.19. The van der Waals surface area contributed by atoms with Crippen molar-refractivity contribution < 1.29 is 4.74 Å². The van der Waals surface area contributed by atoms with Crippen LogP contribution < -0.4 is 0 Å². The first-order valence-corrected chi connectivity index (χ1v) is 2.18. The number of hydrogen-bond acceptors (Lipinski definition) is 1. The molecule has 0 aromatic carbocycles. The van der Waals surface area contributed by atoms with Gasteiger partial charge in [0.15, 0.2) is 0 Å². The topological polar surface area (TPSA) is 9.23 Å². The Bertz CT molecular complexity index is 15.9. The van der Waals surface area contributed by atoms with Gasteiger partial charge in [0, 0.05) is 13.7 Å². The Morgan fingerprint density at radius 2 is 2.33 bits per heavy atom. The number of unbranched alkanes of at least 4 members (excludes halogenated alkanes) is 1. The van der Waals surface area contributed by atoms with E-state index in [0.717, 1.165) is 13.0 Å². The van der Waals surface area contributed by atoms with Crippen LogP contribution in [0.5, 0.6) is 0 Å². The highest BCUT2D eigenvalue weighted by Crippen LogP contribution is 1.81. The van der Waals surface area contributed by atoms with Crippen molar-refractivity contribution in [2.75, 3.05) is 13.7 Å². The zero-order valence-corrected chi connectivity index (χ0v) is 4.40. The molecular formula is C5H11O. The molecule has 0 N–H and O–H groups in total. The molecule has 37 valence electrons. The molecule has 0 amide bonds. The Labute approximate surface area is 39.3 Å². The van der Waals surface area contributed by atoms with Gasteiger partial charge >= 0.3 is 0 Å². The third kappa shape index (κ3) is 3.96. The first kappa shape index (κ1) is 5.96. The number of ether oxygens (including phenoxy) is 1. The molecule has 1 nitrogen and oxygen atoms in total. The Morgan fingerprint density at radius 3 is 2.50 bits per heavy atom. The van der Waals surface area contributed by atoms with Gasteiger partial charge in [-0.1, -0.05) is 6.92 Å². The smallest absolute Gasteiger partial charge is 0.0464 e. The highest BCUT2D eigenvalue weighted by atomic mass is 16.5. The summed E-state index contributed by atoms with van der Waals surface area (Å²) in [5, 5.41) is 0. The number of hydrogen-bond donors (Lipinski definition) is 0. The Hall–Kier alpha value is -0.0400. The summed E-state index contributed by atoms with van der Waals surface area (Å²) < 4.78 is 4.75. The van der Waals surface area contributed by atoms with Crippen LogP contribution in [-0.2, 0) is 4.74 Å². The molecule has 6 heavy (non-hydrogen) atoms. The maximum Gasteiger partial charge on any atom is 0.0464 e. The van der Waals surface area contributed by atoms with E-state index in [4.69, 9.17) is 4.74 Å². The highest BCUT2D eigenvalue weighted by Gasteiger charge is 1.75. The fourth-order valence-electron chi connectivity index (χ4n) is 0.236. The van der Waals surface area contributed by atoms with E-state index in [1.807, 2.05) is 6.92 Å². The van der Waals surface area contributed by atoms with Crippen LogP contribution in [0.25, 0.3) is 0 Å². The van der Waals surface area contributed by atoms with Gasteiger partial charge in [-0.3, -0.25) is 0 Å². The minimum atomic E-state index is 0.858. The van der Waals surface area contributed by atoms with Crippen molar-refractivity contribution in [2.45, 2.75) is 13.3 Å².